The van der Waals surface area contributed by atoms with Gasteiger partial charge in [0.15, 0.2) is 0 Å². The summed E-state index contributed by atoms with van der Waals surface area (Å²) in [4.78, 5) is 12.7. The predicted octanol–water partition coefficient (Wildman–Crippen LogP) is 4.82. The highest BCUT2D eigenvalue weighted by molar-refractivity contribution is 7.92. The molecule has 3 rings (SSSR count). The summed E-state index contributed by atoms with van der Waals surface area (Å²) in [5.74, 6) is 0.304. The lowest BCUT2D eigenvalue weighted by atomic mass is 10.2. The van der Waals surface area contributed by atoms with Crippen molar-refractivity contribution in [2.24, 2.45) is 0 Å². The number of rotatable bonds is 9. The first-order valence-corrected chi connectivity index (χ1v) is 12.0. The zero-order valence-corrected chi connectivity index (χ0v) is 19.5. The van der Waals surface area contributed by atoms with E-state index in [9.17, 15) is 13.2 Å². The van der Waals surface area contributed by atoms with Gasteiger partial charge in [-0.1, -0.05) is 48.4 Å². The van der Waals surface area contributed by atoms with Crippen LogP contribution in [0.15, 0.2) is 71.6 Å². The number of nitrogens with one attached hydrogen (secondary N) is 2. The van der Waals surface area contributed by atoms with E-state index >= 15 is 0 Å². The molecule has 168 valence electrons. The molecule has 6 nitrogen and oxygen atoms in total. The summed E-state index contributed by atoms with van der Waals surface area (Å²) in [7, 11) is -3.79. The molecule has 0 bridgehead atoms. The van der Waals surface area contributed by atoms with Gasteiger partial charge < -0.3 is 10.1 Å². The normalized spacial score (nSPS) is 11.1. The molecule has 0 saturated heterocycles. The Morgan fingerprint density at radius 1 is 1.00 bits per heavy atom. The molecule has 0 aliphatic rings. The first-order valence-electron chi connectivity index (χ1n) is 10.2. The Kier molecular flexibility index (Phi) is 7.77. The summed E-state index contributed by atoms with van der Waals surface area (Å²) in [5, 5.41) is 2.95. The van der Waals surface area contributed by atoms with Crippen molar-refractivity contribution in [1.82, 2.24) is 5.32 Å². The molecule has 0 aromatic heterocycles. The Hall–Kier alpha value is -3.03. The summed E-state index contributed by atoms with van der Waals surface area (Å²) in [6.07, 6.45) is 0.956. The third-order valence-corrected chi connectivity index (χ3v) is 6.51. The smallest absolute Gasteiger partial charge is 0.261 e. The van der Waals surface area contributed by atoms with Crippen molar-refractivity contribution in [3.05, 3.63) is 88.4 Å². The SMILES string of the molecule is CCc1ccc(OCCNC(=O)c2cc(NS(=O)(=O)c3ccc(C)cc3)ccc2Cl)cc1. The van der Waals surface area contributed by atoms with Crippen LogP contribution in [0.4, 0.5) is 5.69 Å². The van der Waals surface area contributed by atoms with E-state index in [1.807, 2.05) is 31.2 Å². The fourth-order valence-electron chi connectivity index (χ4n) is 2.94. The van der Waals surface area contributed by atoms with E-state index in [1.165, 1.54) is 35.9 Å². The number of anilines is 1. The van der Waals surface area contributed by atoms with Crippen molar-refractivity contribution in [2.75, 3.05) is 17.9 Å². The van der Waals surface area contributed by atoms with Gasteiger partial charge in [0.25, 0.3) is 15.9 Å². The quantitative estimate of drug-likeness (QED) is 0.437. The number of carbonyl (C=O) groups is 1. The highest BCUT2D eigenvalue weighted by atomic mass is 35.5. The van der Waals surface area contributed by atoms with E-state index in [-0.39, 0.29) is 34.3 Å². The van der Waals surface area contributed by atoms with Gasteiger partial charge in [-0.25, -0.2) is 8.42 Å². The van der Waals surface area contributed by atoms with Gasteiger partial charge in [-0.15, -0.1) is 0 Å². The molecule has 0 atom stereocenters. The number of ether oxygens (including phenoxy) is 1. The first-order chi connectivity index (χ1) is 15.3. The predicted molar refractivity (Wildman–Crippen MR) is 127 cm³/mol. The standard InChI is InChI=1S/C24H25ClN2O4S/c1-3-18-6-9-20(10-7-18)31-15-14-26-24(28)22-16-19(8-13-23(22)25)27-32(29,30)21-11-4-17(2)5-12-21/h4-13,16,27H,3,14-15H2,1-2H3,(H,26,28). The van der Waals surface area contributed by atoms with Crippen LogP contribution in [-0.4, -0.2) is 27.5 Å². The van der Waals surface area contributed by atoms with Crippen LogP contribution >= 0.6 is 11.6 Å². The van der Waals surface area contributed by atoms with Crippen LogP contribution in [0.5, 0.6) is 5.75 Å². The molecular formula is C24H25ClN2O4S. The molecule has 0 radical (unpaired) electrons. The van der Waals surface area contributed by atoms with Crippen molar-refractivity contribution in [3.63, 3.8) is 0 Å². The second-order valence-corrected chi connectivity index (χ2v) is 9.30. The zero-order chi connectivity index (χ0) is 23.1. The largest absolute Gasteiger partial charge is 0.492 e. The van der Waals surface area contributed by atoms with E-state index in [0.29, 0.717) is 0 Å². The lowest BCUT2D eigenvalue weighted by Gasteiger charge is -2.12. The lowest BCUT2D eigenvalue weighted by molar-refractivity contribution is 0.0947. The number of sulfonamides is 1. The number of benzene rings is 3. The molecular weight excluding hydrogens is 448 g/mol. The molecule has 0 saturated carbocycles. The summed E-state index contributed by atoms with van der Waals surface area (Å²) in [5.41, 5.74) is 2.59. The van der Waals surface area contributed by atoms with Crippen molar-refractivity contribution in [2.45, 2.75) is 25.2 Å². The summed E-state index contributed by atoms with van der Waals surface area (Å²) >= 11 is 6.16. The van der Waals surface area contributed by atoms with Gasteiger partial charge >= 0.3 is 0 Å². The van der Waals surface area contributed by atoms with Gasteiger partial charge in [-0.2, -0.15) is 0 Å². The van der Waals surface area contributed by atoms with E-state index < -0.39 is 15.9 Å². The van der Waals surface area contributed by atoms with Crippen LogP contribution in [0.25, 0.3) is 0 Å². The minimum atomic E-state index is -3.79. The van der Waals surface area contributed by atoms with E-state index in [2.05, 4.69) is 17.0 Å². The topological polar surface area (TPSA) is 84.5 Å². The fourth-order valence-corrected chi connectivity index (χ4v) is 4.20. The second-order valence-electron chi connectivity index (χ2n) is 7.22. The number of hydrogen-bond donors (Lipinski definition) is 2. The average Bonchev–Trinajstić information content (AvgIpc) is 2.78. The summed E-state index contributed by atoms with van der Waals surface area (Å²) < 4.78 is 33.3. The maximum atomic E-state index is 12.6. The first kappa shape index (κ1) is 23.6. The molecule has 2 N–H and O–H groups in total. The molecule has 8 heteroatoms. The fraction of sp³-hybridized carbons (Fsp3) is 0.208. The van der Waals surface area contributed by atoms with Crippen LogP contribution in [-0.2, 0) is 16.4 Å². The second kappa shape index (κ2) is 10.5. The highest BCUT2D eigenvalue weighted by Gasteiger charge is 2.16. The van der Waals surface area contributed by atoms with E-state index in [0.717, 1.165) is 17.7 Å². The maximum absolute atomic E-state index is 12.6. The van der Waals surface area contributed by atoms with Gasteiger partial charge in [-0.05, 0) is 61.4 Å². The third kappa shape index (κ3) is 6.24. The van der Waals surface area contributed by atoms with Gasteiger partial charge in [-0.3, -0.25) is 9.52 Å². The number of halogens is 1. The summed E-state index contributed by atoms with van der Waals surface area (Å²) in [6.45, 7) is 4.51. The molecule has 3 aromatic rings. The molecule has 1 amide bonds. The number of amides is 1. The molecule has 3 aromatic carbocycles. The molecule has 0 heterocycles. The molecule has 0 unspecified atom stereocenters. The van der Waals surface area contributed by atoms with Crippen LogP contribution in [0, 0.1) is 6.92 Å². The van der Waals surface area contributed by atoms with E-state index in [4.69, 9.17) is 16.3 Å². The Balaban J connectivity index is 1.60. The zero-order valence-electron chi connectivity index (χ0n) is 17.9. The minimum absolute atomic E-state index is 0.133. The highest BCUT2D eigenvalue weighted by Crippen LogP contribution is 2.23. The van der Waals surface area contributed by atoms with Gasteiger partial charge in [0, 0.05) is 5.69 Å². The minimum Gasteiger partial charge on any atom is -0.492 e. The average molecular weight is 473 g/mol. The molecule has 0 fully saturated rings. The molecule has 0 spiro atoms. The number of aryl methyl sites for hydroxylation is 2. The molecule has 0 aliphatic heterocycles. The number of hydrogen-bond acceptors (Lipinski definition) is 4. The van der Waals surface area contributed by atoms with Crippen LogP contribution in [0.3, 0.4) is 0 Å². The van der Waals surface area contributed by atoms with Gasteiger partial charge in [0.2, 0.25) is 0 Å². The van der Waals surface area contributed by atoms with Crippen molar-refractivity contribution in [3.8, 4) is 5.75 Å². The number of carbonyl (C=O) groups excluding carboxylic acids is 1. The molecule has 0 aliphatic carbocycles. The van der Waals surface area contributed by atoms with E-state index in [1.54, 1.807) is 12.1 Å². The van der Waals surface area contributed by atoms with Crippen LogP contribution in [0.1, 0.15) is 28.4 Å². The van der Waals surface area contributed by atoms with Gasteiger partial charge in [0.1, 0.15) is 12.4 Å². The third-order valence-electron chi connectivity index (χ3n) is 4.78. The van der Waals surface area contributed by atoms with Gasteiger partial charge in [0.05, 0.1) is 22.0 Å². The Morgan fingerprint density at radius 3 is 2.34 bits per heavy atom. The Morgan fingerprint density at radius 2 is 1.69 bits per heavy atom. The maximum Gasteiger partial charge on any atom is 0.261 e. The van der Waals surface area contributed by atoms with Crippen molar-refractivity contribution in [1.29, 1.82) is 0 Å². The van der Waals surface area contributed by atoms with Crippen LogP contribution in [0.2, 0.25) is 5.02 Å². The van der Waals surface area contributed by atoms with Crippen LogP contribution < -0.4 is 14.8 Å². The lowest BCUT2D eigenvalue weighted by Crippen LogP contribution is -2.28. The Bertz CT molecular complexity index is 1180. The summed E-state index contributed by atoms with van der Waals surface area (Å²) in [6, 6.07) is 18.7. The molecule has 32 heavy (non-hydrogen) atoms. The van der Waals surface area contributed by atoms with Crippen molar-refractivity contribution < 1.29 is 17.9 Å². The Labute approximate surface area is 193 Å². The monoisotopic (exact) mass is 472 g/mol. The van der Waals surface area contributed by atoms with Crippen molar-refractivity contribution >= 4 is 33.2 Å².